The van der Waals surface area contributed by atoms with Gasteiger partial charge in [-0.3, -0.25) is 4.79 Å². The highest BCUT2D eigenvalue weighted by Crippen LogP contribution is 2.30. The van der Waals surface area contributed by atoms with Crippen molar-refractivity contribution in [3.8, 4) is 0 Å². The van der Waals surface area contributed by atoms with E-state index in [2.05, 4.69) is 0 Å². The summed E-state index contributed by atoms with van der Waals surface area (Å²) in [7, 11) is 0. The van der Waals surface area contributed by atoms with E-state index < -0.39 is 35.9 Å². The summed E-state index contributed by atoms with van der Waals surface area (Å²) in [6, 6.07) is 0. The fraction of sp³-hybridized carbons (Fsp3) is 0.750. The van der Waals surface area contributed by atoms with Crippen LogP contribution in [0.2, 0.25) is 0 Å². The molecule has 138 valence electrons. The van der Waals surface area contributed by atoms with Crippen molar-refractivity contribution in [3.63, 3.8) is 0 Å². The fourth-order valence-corrected chi connectivity index (χ4v) is 2.39. The van der Waals surface area contributed by atoms with Crippen LogP contribution >= 0.6 is 0 Å². The van der Waals surface area contributed by atoms with E-state index in [1.165, 1.54) is 17.9 Å². The molecule has 1 heterocycles. The molecule has 0 N–H and O–H groups in total. The van der Waals surface area contributed by atoms with Crippen molar-refractivity contribution in [1.82, 2.24) is 4.90 Å². The summed E-state index contributed by atoms with van der Waals surface area (Å²) in [5.74, 6) is -0.572. The minimum atomic E-state index is -4.31. The van der Waals surface area contributed by atoms with Crippen molar-refractivity contribution in [2.45, 2.75) is 64.3 Å². The third-order valence-corrected chi connectivity index (χ3v) is 3.38. The smallest absolute Gasteiger partial charge is 0.410 e. The number of ether oxygens (including phenoxy) is 2. The Bertz CT molecular complexity index is 487. The third-order valence-electron chi connectivity index (χ3n) is 3.38. The number of rotatable bonds is 3. The van der Waals surface area contributed by atoms with Crippen molar-refractivity contribution < 1.29 is 32.2 Å². The molecule has 1 fully saturated rings. The summed E-state index contributed by atoms with van der Waals surface area (Å²) in [5, 5.41) is 0. The Kier molecular flexibility index (Phi) is 6.30. The molecule has 0 aromatic rings. The number of hydrogen-bond acceptors (Lipinski definition) is 4. The van der Waals surface area contributed by atoms with E-state index >= 15 is 0 Å². The van der Waals surface area contributed by atoms with E-state index in [-0.39, 0.29) is 25.9 Å². The Morgan fingerprint density at radius 3 is 2.12 bits per heavy atom. The fourth-order valence-electron chi connectivity index (χ4n) is 2.39. The highest BCUT2D eigenvalue weighted by molar-refractivity contribution is 5.69. The zero-order chi connectivity index (χ0) is 18.6. The molecule has 0 aromatic carbocycles. The minimum absolute atomic E-state index is 0.222. The number of nitrogens with zero attached hydrogens (tertiary/aromatic N) is 1. The van der Waals surface area contributed by atoms with Crippen LogP contribution in [0.1, 0.15) is 47.0 Å². The first-order valence-corrected chi connectivity index (χ1v) is 7.74. The number of halogens is 3. The van der Waals surface area contributed by atoms with Gasteiger partial charge in [-0.2, -0.15) is 13.2 Å². The molecule has 0 saturated carbocycles. The molecule has 0 radical (unpaired) electrons. The van der Waals surface area contributed by atoms with Gasteiger partial charge in [-0.25, -0.2) is 4.79 Å². The van der Waals surface area contributed by atoms with Gasteiger partial charge in [0.1, 0.15) is 11.2 Å². The predicted molar refractivity (Wildman–Crippen MR) is 81.4 cm³/mol. The summed E-state index contributed by atoms with van der Waals surface area (Å²) < 4.78 is 47.4. The Balaban J connectivity index is 2.74. The van der Waals surface area contributed by atoms with Gasteiger partial charge in [-0.15, -0.1) is 0 Å². The van der Waals surface area contributed by atoms with Crippen LogP contribution in [0.15, 0.2) is 12.2 Å². The number of carbonyl (C=O) groups excluding carboxylic acids is 2. The largest absolute Gasteiger partial charge is 0.455 e. The van der Waals surface area contributed by atoms with Gasteiger partial charge in [0.15, 0.2) is 0 Å². The number of piperidine rings is 1. The van der Waals surface area contributed by atoms with Crippen molar-refractivity contribution in [1.29, 1.82) is 0 Å². The summed E-state index contributed by atoms with van der Waals surface area (Å²) >= 11 is 0. The minimum Gasteiger partial charge on any atom is -0.455 e. The van der Waals surface area contributed by atoms with Crippen LogP contribution in [0.3, 0.4) is 0 Å². The van der Waals surface area contributed by atoms with Crippen LogP contribution < -0.4 is 0 Å². The average Bonchev–Trinajstić information content (AvgIpc) is 2.34. The Morgan fingerprint density at radius 1 is 1.17 bits per heavy atom. The van der Waals surface area contributed by atoms with E-state index in [1.807, 2.05) is 0 Å². The first-order valence-electron chi connectivity index (χ1n) is 7.74. The summed E-state index contributed by atoms with van der Waals surface area (Å²) in [5.41, 5.74) is -1.75. The van der Waals surface area contributed by atoms with Crippen molar-refractivity contribution in [3.05, 3.63) is 12.2 Å². The van der Waals surface area contributed by atoms with E-state index in [1.54, 1.807) is 20.8 Å². The van der Waals surface area contributed by atoms with Crippen LogP contribution in [0.4, 0.5) is 18.0 Å². The molecule has 1 rings (SSSR count). The van der Waals surface area contributed by atoms with Gasteiger partial charge in [0, 0.05) is 32.9 Å². The third kappa shape index (κ3) is 7.23. The molecule has 5 nitrogen and oxygen atoms in total. The second kappa shape index (κ2) is 7.44. The average molecular weight is 351 g/mol. The van der Waals surface area contributed by atoms with Gasteiger partial charge in [0.25, 0.3) is 0 Å². The lowest BCUT2D eigenvalue weighted by molar-refractivity contribution is -0.155. The maximum absolute atomic E-state index is 12.3. The van der Waals surface area contributed by atoms with Gasteiger partial charge < -0.3 is 14.4 Å². The molecule has 1 saturated heterocycles. The van der Waals surface area contributed by atoms with Crippen molar-refractivity contribution in [2.24, 2.45) is 0 Å². The molecule has 8 heteroatoms. The summed E-state index contributed by atoms with van der Waals surface area (Å²) in [6.45, 7) is 6.92. The van der Waals surface area contributed by atoms with Crippen LogP contribution in [-0.2, 0) is 14.3 Å². The second-order valence-electron chi connectivity index (χ2n) is 6.85. The van der Waals surface area contributed by atoms with Gasteiger partial charge in [0.05, 0.1) is 6.42 Å². The highest BCUT2D eigenvalue weighted by Gasteiger charge is 2.38. The van der Waals surface area contributed by atoms with E-state index in [9.17, 15) is 22.8 Å². The van der Waals surface area contributed by atoms with E-state index in [0.717, 1.165) is 6.08 Å². The van der Waals surface area contributed by atoms with E-state index in [0.29, 0.717) is 0 Å². The molecule has 0 atom stereocenters. The van der Waals surface area contributed by atoms with Crippen LogP contribution in [0.25, 0.3) is 0 Å². The van der Waals surface area contributed by atoms with Crippen LogP contribution in [0.5, 0.6) is 0 Å². The van der Waals surface area contributed by atoms with Crippen LogP contribution in [0, 0.1) is 0 Å². The normalized spacial score (nSPS) is 18.5. The lowest BCUT2D eigenvalue weighted by Crippen LogP contribution is -2.49. The molecule has 0 unspecified atom stereocenters. The number of allylic oxidation sites excluding steroid dienone is 1. The standard InChI is InChI=1S/C16H24F3NO4/c1-12(21)23-15(6-5-7-16(17,18)19)8-10-20(11-9-15)13(22)24-14(2,3)4/h5-6H,7-11H2,1-4H3. The first kappa shape index (κ1) is 20.3. The Morgan fingerprint density at radius 2 is 1.71 bits per heavy atom. The van der Waals surface area contributed by atoms with Crippen molar-refractivity contribution >= 4 is 12.1 Å². The zero-order valence-corrected chi connectivity index (χ0v) is 14.4. The quantitative estimate of drug-likeness (QED) is 0.573. The number of hydrogen-bond donors (Lipinski definition) is 0. The molecule has 0 aliphatic carbocycles. The summed E-state index contributed by atoms with van der Waals surface area (Å²) in [4.78, 5) is 24.8. The zero-order valence-electron chi connectivity index (χ0n) is 14.4. The SMILES string of the molecule is CC(=O)OC1(C=CCC(F)(F)F)CCN(C(=O)OC(C)(C)C)CC1. The van der Waals surface area contributed by atoms with Gasteiger partial charge in [0.2, 0.25) is 0 Å². The molecule has 0 spiro atoms. The molecule has 1 amide bonds. The number of esters is 1. The van der Waals surface area contributed by atoms with Crippen molar-refractivity contribution in [2.75, 3.05) is 13.1 Å². The lowest BCUT2D eigenvalue weighted by atomic mass is 9.90. The van der Waals surface area contributed by atoms with E-state index in [4.69, 9.17) is 9.47 Å². The Hall–Kier alpha value is -1.73. The summed E-state index contributed by atoms with van der Waals surface area (Å²) in [6.07, 6.45) is -3.20. The van der Waals surface area contributed by atoms with Crippen LogP contribution in [-0.4, -0.2) is 47.4 Å². The molecular formula is C16H24F3NO4. The molecular weight excluding hydrogens is 327 g/mol. The van der Waals surface area contributed by atoms with Gasteiger partial charge >= 0.3 is 18.2 Å². The monoisotopic (exact) mass is 351 g/mol. The number of alkyl halides is 3. The first-order chi connectivity index (χ1) is 10.8. The molecule has 1 aliphatic rings. The second-order valence-corrected chi connectivity index (χ2v) is 6.85. The maximum atomic E-state index is 12.3. The lowest BCUT2D eigenvalue weighted by Gasteiger charge is -2.39. The topological polar surface area (TPSA) is 55.8 Å². The number of amides is 1. The molecule has 0 bridgehead atoms. The maximum Gasteiger partial charge on any atom is 0.410 e. The molecule has 24 heavy (non-hydrogen) atoms. The number of likely N-dealkylation sites (tertiary alicyclic amines) is 1. The molecule has 0 aromatic heterocycles. The van der Waals surface area contributed by atoms with Gasteiger partial charge in [-0.05, 0) is 26.8 Å². The number of carbonyl (C=O) groups is 2. The van der Waals surface area contributed by atoms with Gasteiger partial charge in [-0.1, -0.05) is 6.08 Å². The highest BCUT2D eigenvalue weighted by atomic mass is 19.4. The molecule has 1 aliphatic heterocycles. The Labute approximate surface area is 139 Å². The predicted octanol–water partition coefficient (Wildman–Crippen LogP) is 3.83.